The number of furan rings is 1. The normalized spacial score (nSPS) is 21.7. The molecule has 170 valence electrons. The fraction of sp³-hybridized carbons (Fsp3) is 0.542. The van der Waals surface area contributed by atoms with Gasteiger partial charge in [-0.25, -0.2) is 0 Å². The Bertz CT molecular complexity index is 763. The summed E-state index contributed by atoms with van der Waals surface area (Å²) in [6.07, 6.45) is 6.18. The highest BCUT2D eigenvalue weighted by Gasteiger charge is 2.24. The molecule has 2 fully saturated rings. The van der Waals surface area contributed by atoms with Crippen LogP contribution in [0.15, 0.2) is 58.1 Å². The van der Waals surface area contributed by atoms with Gasteiger partial charge in [-0.3, -0.25) is 9.89 Å². The molecule has 2 aliphatic rings. The van der Waals surface area contributed by atoms with E-state index in [0.29, 0.717) is 12.0 Å². The van der Waals surface area contributed by atoms with Crippen LogP contribution in [0.25, 0.3) is 0 Å². The number of hydrogen-bond acceptors (Lipinski definition) is 4. The fourth-order valence-electron chi connectivity index (χ4n) is 4.25. The molecule has 6 nitrogen and oxygen atoms in total. The monoisotopic (exact) mass is 538 g/mol. The lowest BCUT2D eigenvalue weighted by atomic mass is 10.1. The van der Waals surface area contributed by atoms with Crippen LogP contribution in [0.5, 0.6) is 0 Å². The van der Waals surface area contributed by atoms with Gasteiger partial charge in [0.1, 0.15) is 5.76 Å². The van der Waals surface area contributed by atoms with Crippen LogP contribution < -0.4 is 10.6 Å². The number of hydrogen-bond donors (Lipinski definition) is 2. The summed E-state index contributed by atoms with van der Waals surface area (Å²) < 4.78 is 10.9. The summed E-state index contributed by atoms with van der Waals surface area (Å²) in [4.78, 5) is 7.45. The number of likely N-dealkylation sites (tertiary alicyclic amines) is 1. The highest BCUT2D eigenvalue weighted by atomic mass is 127. The van der Waals surface area contributed by atoms with Crippen molar-refractivity contribution < 1.29 is 9.15 Å². The summed E-state index contributed by atoms with van der Waals surface area (Å²) in [7, 11) is 0. The van der Waals surface area contributed by atoms with Gasteiger partial charge in [-0.1, -0.05) is 30.3 Å². The molecule has 31 heavy (non-hydrogen) atoms. The minimum Gasteiger partial charge on any atom is -0.469 e. The van der Waals surface area contributed by atoms with Crippen LogP contribution in [0, 0.1) is 5.92 Å². The second-order valence-corrected chi connectivity index (χ2v) is 8.31. The number of halogens is 1. The van der Waals surface area contributed by atoms with E-state index in [1.807, 2.05) is 12.1 Å². The first kappa shape index (κ1) is 24.1. The van der Waals surface area contributed by atoms with Gasteiger partial charge in [0.05, 0.1) is 12.9 Å². The molecule has 2 unspecified atom stereocenters. The Balaban J connectivity index is 0.00000272. The van der Waals surface area contributed by atoms with Gasteiger partial charge < -0.3 is 19.8 Å². The molecule has 0 bridgehead atoms. The van der Waals surface area contributed by atoms with Crippen LogP contribution in [0.2, 0.25) is 0 Å². The first-order valence-corrected chi connectivity index (χ1v) is 11.3. The molecule has 0 amide bonds. The second-order valence-electron chi connectivity index (χ2n) is 8.31. The van der Waals surface area contributed by atoms with E-state index in [9.17, 15) is 0 Å². The molecule has 1 aromatic carbocycles. The van der Waals surface area contributed by atoms with Crippen molar-refractivity contribution in [1.29, 1.82) is 0 Å². The summed E-state index contributed by atoms with van der Waals surface area (Å²) in [5, 5.41) is 7.10. The molecule has 2 saturated heterocycles. The highest BCUT2D eigenvalue weighted by molar-refractivity contribution is 14.0. The minimum absolute atomic E-state index is 0. The fourth-order valence-corrected chi connectivity index (χ4v) is 4.25. The molecule has 2 aromatic rings. The lowest BCUT2D eigenvalue weighted by Crippen LogP contribution is -2.45. The smallest absolute Gasteiger partial charge is 0.191 e. The van der Waals surface area contributed by atoms with E-state index < -0.39 is 0 Å². The van der Waals surface area contributed by atoms with Crippen molar-refractivity contribution in [2.45, 2.75) is 38.3 Å². The predicted octanol–water partition coefficient (Wildman–Crippen LogP) is 3.68. The van der Waals surface area contributed by atoms with Gasteiger partial charge in [-0.15, -0.1) is 24.0 Å². The molecule has 2 aliphatic heterocycles. The van der Waals surface area contributed by atoms with Gasteiger partial charge in [-0.2, -0.15) is 0 Å². The number of aliphatic imine (C=N–C) groups is 1. The molecule has 2 N–H and O–H groups in total. The van der Waals surface area contributed by atoms with Crippen LogP contribution in [0.4, 0.5) is 0 Å². The molecule has 0 radical (unpaired) electrons. The van der Waals surface area contributed by atoms with E-state index in [-0.39, 0.29) is 24.0 Å². The largest absolute Gasteiger partial charge is 0.469 e. The van der Waals surface area contributed by atoms with Crippen LogP contribution >= 0.6 is 24.0 Å². The molecule has 3 heterocycles. The maximum atomic E-state index is 5.50. The Morgan fingerprint density at radius 2 is 2.00 bits per heavy atom. The van der Waals surface area contributed by atoms with E-state index >= 15 is 0 Å². The first-order valence-electron chi connectivity index (χ1n) is 11.3. The second kappa shape index (κ2) is 13.1. The SMILES string of the molecule is I.c1ccc(CN2CCCC2CNC(=NCC2CCOC2)NCCc2ccco2)cc1. The van der Waals surface area contributed by atoms with Crippen molar-refractivity contribution in [1.82, 2.24) is 15.5 Å². The lowest BCUT2D eigenvalue weighted by Gasteiger charge is -2.25. The predicted molar refractivity (Wildman–Crippen MR) is 135 cm³/mol. The Kier molecular flexibility index (Phi) is 10.2. The molecule has 0 spiro atoms. The quantitative estimate of drug-likeness (QED) is 0.290. The van der Waals surface area contributed by atoms with E-state index in [4.69, 9.17) is 14.1 Å². The first-order chi connectivity index (χ1) is 14.9. The van der Waals surface area contributed by atoms with Gasteiger partial charge >= 0.3 is 0 Å². The van der Waals surface area contributed by atoms with Gasteiger partial charge in [0, 0.05) is 51.2 Å². The number of nitrogens with zero attached hydrogens (tertiary/aromatic N) is 2. The average Bonchev–Trinajstić information content (AvgIpc) is 3.54. The third-order valence-corrected chi connectivity index (χ3v) is 6.01. The molecule has 7 heteroatoms. The number of ether oxygens (including phenoxy) is 1. The summed E-state index contributed by atoms with van der Waals surface area (Å²) >= 11 is 0. The van der Waals surface area contributed by atoms with Gasteiger partial charge in [-0.05, 0) is 43.5 Å². The van der Waals surface area contributed by atoms with Crippen molar-refractivity contribution in [2.75, 3.05) is 39.4 Å². The summed E-state index contributed by atoms with van der Waals surface area (Å²) in [5.41, 5.74) is 1.39. The minimum atomic E-state index is 0. The molecular formula is C24H35IN4O2. The van der Waals surface area contributed by atoms with E-state index in [2.05, 4.69) is 45.9 Å². The Morgan fingerprint density at radius 3 is 2.77 bits per heavy atom. The zero-order chi connectivity index (χ0) is 20.4. The molecule has 2 atom stereocenters. The average molecular weight is 538 g/mol. The van der Waals surface area contributed by atoms with E-state index in [1.54, 1.807) is 6.26 Å². The summed E-state index contributed by atoms with van der Waals surface area (Å²) in [6.45, 7) is 6.42. The van der Waals surface area contributed by atoms with Crippen molar-refractivity contribution in [3.8, 4) is 0 Å². The molecule has 1 aromatic heterocycles. The number of rotatable bonds is 9. The molecule has 0 aliphatic carbocycles. The van der Waals surface area contributed by atoms with E-state index in [1.165, 1.54) is 24.9 Å². The molecular weight excluding hydrogens is 503 g/mol. The van der Waals surface area contributed by atoms with Gasteiger partial charge in [0.2, 0.25) is 0 Å². The van der Waals surface area contributed by atoms with Crippen molar-refractivity contribution in [3.63, 3.8) is 0 Å². The van der Waals surface area contributed by atoms with Gasteiger partial charge in [0.15, 0.2) is 5.96 Å². The van der Waals surface area contributed by atoms with Crippen molar-refractivity contribution >= 4 is 29.9 Å². The standard InChI is InChI=1S/C24H34N4O2.HI/c1-2-6-20(7-3-1)18-28-13-4-8-22(28)17-27-24(26-16-21-11-15-29-19-21)25-12-10-23-9-5-14-30-23;/h1-3,5-7,9,14,21-22H,4,8,10-13,15-19H2,(H2,25,26,27);1H. The van der Waals surface area contributed by atoms with Gasteiger partial charge in [0.25, 0.3) is 0 Å². The number of guanidine groups is 1. The zero-order valence-electron chi connectivity index (χ0n) is 18.2. The van der Waals surface area contributed by atoms with Crippen LogP contribution in [-0.4, -0.2) is 56.3 Å². The molecule has 4 rings (SSSR count). The van der Waals surface area contributed by atoms with E-state index in [0.717, 1.165) is 64.0 Å². The Morgan fingerprint density at radius 1 is 1.10 bits per heavy atom. The van der Waals surface area contributed by atoms with Crippen LogP contribution in [0.1, 0.15) is 30.6 Å². The maximum Gasteiger partial charge on any atom is 0.191 e. The molecule has 0 saturated carbocycles. The Hall–Kier alpha value is -1.58. The summed E-state index contributed by atoms with van der Waals surface area (Å²) in [6, 6.07) is 15.3. The number of benzene rings is 1. The highest BCUT2D eigenvalue weighted by Crippen LogP contribution is 2.19. The third-order valence-electron chi connectivity index (χ3n) is 6.01. The lowest BCUT2D eigenvalue weighted by molar-refractivity contribution is 0.187. The van der Waals surface area contributed by atoms with Crippen molar-refractivity contribution in [3.05, 3.63) is 60.1 Å². The van der Waals surface area contributed by atoms with Crippen LogP contribution in [-0.2, 0) is 17.7 Å². The van der Waals surface area contributed by atoms with Crippen LogP contribution in [0.3, 0.4) is 0 Å². The van der Waals surface area contributed by atoms with Crippen molar-refractivity contribution in [2.24, 2.45) is 10.9 Å². The Labute approximate surface area is 202 Å². The maximum absolute atomic E-state index is 5.50. The zero-order valence-corrected chi connectivity index (χ0v) is 20.5. The number of nitrogens with one attached hydrogen (secondary N) is 2. The topological polar surface area (TPSA) is 62.0 Å². The summed E-state index contributed by atoms with van der Waals surface area (Å²) in [5.74, 6) is 2.44. The third kappa shape index (κ3) is 7.80.